The molecule has 1 heterocycles. The largest absolute Gasteiger partial charge is 0.512 e. The van der Waals surface area contributed by atoms with Crippen molar-refractivity contribution in [3.8, 4) is 16.2 Å². The lowest BCUT2D eigenvalue weighted by atomic mass is 9.79. The molecule has 124 valence electrons. The van der Waals surface area contributed by atoms with E-state index in [9.17, 15) is 10.1 Å². The van der Waals surface area contributed by atoms with Crippen LogP contribution in [0.1, 0.15) is 27.7 Å². The molecule has 23 heavy (non-hydrogen) atoms. The molecule has 0 fully saturated rings. The summed E-state index contributed by atoms with van der Waals surface area (Å²) < 4.78 is 10.9. The van der Waals surface area contributed by atoms with Crippen LogP contribution in [-0.4, -0.2) is 40.5 Å². The Morgan fingerprint density at radius 1 is 1.22 bits per heavy atom. The Kier molecular flexibility index (Phi) is 5.15. The van der Waals surface area contributed by atoms with E-state index in [-0.39, 0.29) is 0 Å². The quantitative estimate of drug-likeness (QED) is 0.791. The van der Waals surface area contributed by atoms with Crippen LogP contribution in [-0.2, 0) is 4.65 Å². The van der Waals surface area contributed by atoms with Gasteiger partial charge in [-0.3, -0.25) is 4.98 Å². The summed E-state index contributed by atoms with van der Waals surface area (Å²) in [4.78, 5) is 5.04. The second-order valence-corrected chi connectivity index (χ2v) is 7.19. The second-order valence-electron chi connectivity index (χ2n) is 6.34. The van der Waals surface area contributed by atoms with Gasteiger partial charge in [0, 0.05) is 0 Å². The number of nitrogens with zero attached hydrogens (tertiary/aromatic N) is 1. The van der Waals surface area contributed by atoms with E-state index >= 15 is 0 Å². The zero-order chi connectivity index (χ0) is 17.3. The Balaban J connectivity index is 2.30. The molecular weight excluding hydrogens is 313 g/mol. The maximum atomic E-state index is 10.5. The van der Waals surface area contributed by atoms with Gasteiger partial charge in [0.2, 0.25) is 0 Å². The third-order valence-corrected chi connectivity index (χ3v) is 4.93. The van der Waals surface area contributed by atoms with Gasteiger partial charge in [-0.25, -0.2) is 0 Å². The molecule has 0 unspecified atom stereocenters. The number of hydrogen-bond acceptors (Lipinski definition) is 6. The van der Waals surface area contributed by atoms with E-state index in [4.69, 9.17) is 9.39 Å². The van der Waals surface area contributed by atoms with Crippen LogP contribution < -0.4 is 10.3 Å². The van der Waals surface area contributed by atoms with Gasteiger partial charge in [0.15, 0.2) is 0 Å². The van der Waals surface area contributed by atoms with Crippen LogP contribution >= 0.6 is 11.3 Å². The number of benzene rings is 1. The fourth-order valence-corrected chi connectivity index (χ4v) is 2.70. The summed E-state index contributed by atoms with van der Waals surface area (Å²) in [5, 5.41) is 20.6. The van der Waals surface area contributed by atoms with Crippen molar-refractivity contribution in [2.75, 3.05) is 7.11 Å². The number of hydrogen-bond donors (Lipinski definition) is 2. The molecule has 1 aromatic carbocycles. The Morgan fingerprint density at radius 3 is 2.52 bits per heavy atom. The topological polar surface area (TPSA) is 71.8 Å². The minimum absolute atomic E-state index is 0.431. The minimum Gasteiger partial charge on any atom is -0.497 e. The van der Waals surface area contributed by atoms with Crippen molar-refractivity contribution in [1.82, 2.24) is 4.98 Å². The fraction of sp³-hybridized carbons (Fsp3) is 0.438. The average molecular weight is 335 g/mol. The standard InChI is InChI=1S/C16H22BNO4S/c1-15(2,19)16(3,4)22-17(20)14-13(23-10-18-14)11-7-6-8-12(9-11)21-5/h6-10,19-20H,1-5H3. The molecule has 2 aromatic rings. The molecule has 5 nitrogen and oxygen atoms in total. The molecule has 0 spiro atoms. The summed E-state index contributed by atoms with van der Waals surface area (Å²) >= 11 is 1.41. The molecule has 0 amide bonds. The van der Waals surface area contributed by atoms with Gasteiger partial charge in [-0.15, -0.1) is 11.3 Å². The molecule has 0 aliphatic rings. The zero-order valence-corrected chi connectivity index (χ0v) is 14.8. The summed E-state index contributed by atoms with van der Waals surface area (Å²) in [5.41, 5.74) is 0.932. The predicted molar refractivity (Wildman–Crippen MR) is 93.2 cm³/mol. The first-order chi connectivity index (χ1) is 10.7. The molecule has 0 saturated carbocycles. The Labute approximate surface area is 141 Å². The van der Waals surface area contributed by atoms with Crippen LogP contribution in [0.25, 0.3) is 10.4 Å². The van der Waals surface area contributed by atoms with Gasteiger partial charge in [0.05, 0.1) is 34.3 Å². The lowest BCUT2D eigenvalue weighted by Crippen LogP contribution is -2.53. The third kappa shape index (κ3) is 3.92. The Hall–Kier alpha value is -1.41. The summed E-state index contributed by atoms with van der Waals surface area (Å²) in [6.45, 7) is 6.75. The number of aliphatic hydroxyl groups is 1. The highest BCUT2D eigenvalue weighted by Gasteiger charge is 2.40. The average Bonchev–Trinajstić information content (AvgIpc) is 2.95. The molecule has 0 atom stereocenters. The fourth-order valence-electron chi connectivity index (χ4n) is 1.89. The van der Waals surface area contributed by atoms with Crippen LogP contribution in [0, 0.1) is 0 Å². The van der Waals surface area contributed by atoms with Crippen LogP contribution in [0.2, 0.25) is 0 Å². The van der Waals surface area contributed by atoms with E-state index in [1.54, 1.807) is 40.3 Å². The van der Waals surface area contributed by atoms with Gasteiger partial charge in [0.1, 0.15) is 5.75 Å². The molecular formula is C16H22BNO4S. The van der Waals surface area contributed by atoms with Crippen LogP contribution in [0.15, 0.2) is 29.8 Å². The van der Waals surface area contributed by atoms with Gasteiger partial charge >= 0.3 is 7.12 Å². The molecule has 0 saturated heterocycles. The van der Waals surface area contributed by atoms with Crippen LogP contribution in [0.3, 0.4) is 0 Å². The van der Waals surface area contributed by atoms with E-state index in [0.29, 0.717) is 5.59 Å². The van der Waals surface area contributed by atoms with Gasteiger partial charge in [0.25, 0.3) is 0 Å². The molecule has 0 bridgehead atoms. The predicted octanol–water partition coefficient (Wildman–Crippen LogP) is 2.07. The lowest BCUT2D eigenvalue weighted by molar-refractivity contribution is -0.0983. The number of methoxy groups -OCH3 is 1. The van der Waals surface area contributed by atoms with Crippen molar-refractivity contribution in [3.05, 3.63) is 29.8 Å². The van der Waals surface area contributed by atoms with Crippen molar-refractivity contribution in [3.63, 3.8) is 0 Å². The number of ether oxygens (including phenoxy) is 1. The summed E-state index contributed by atoms with van der Waals surface area (Å²) in [5.74, 6) is 0.731. The van der Waals surface area contributed by atoms with Gasteiger partial charge in [-0.2, -0.15) is 0 Å². The zero-order valence-electron chi connectivity index (χ0n) is 14.0. The molecule has 0 aliphatic heterocycles. The van der Waals surface area contributed by atoms with Crippen molar-refractivity contribution >= 4 is 24.0 Å². The maximum Gasteiger partial charge on any atom is 0.512 e. The lowest BCUT2D eigenvalue weighted by Gasteiger charge is -2.38. The highest BCUT2D eigenvalue weighted by molar-refractivity contribution is 7.14. The van der Waals surface area contributed by atoms with Crippen LogP contribution in [0.5, 0.6) is 5.75 Å². The van der Waals surface area contributed by atoms with E-state index in [1.807, 2.05) is 24.3 Å². The minimum atomic E-state index is -1.23. The molecule has 0 aliphatic carbocycles. The highest BCUT2D eigenvalue weighted by atomic mass is 32.1. The maximum absolute atomic E-state index is 10.5. The van der Waals surface area contributed by atoms with E-state index < -0.39 is 18.3 Å². The van der Waals surface area contributed by atoms with Gasteiger partial charge < -0.3 is 19.5 Å². The van der Waals surface area contributed by atoms with Crippen LogP contribution in [0.4, 0.5) is 0 Å². The van der Waals surface area contributed by atoms with Crippen molar-refractivity contribution in [2.24, 2.45) is 0 Å². The Morgan fingerprint density at radius 2 is 1.91 bits per heavy atom. The highest BCUT2D eigenvalue weighted by Crippen LogP contribution is 2.28. The number of rotatable bonds is 6. The molecule has 2 N–H and O–H groups in total. The molecule has 7 heteroatoms. The second kappa shape index (κ2) is 6.61. The number of thiazole rings is 1. The normalized spacial score (nSPS) is 12.3. The third-order valence-electron chi connectivity index (χ3n) is 4.04. The van der Waals surface area contributed by atoms with Crippen molar-refractivity contribution < 1.29 is 19.5 Å². The Bertz CT molecular complexity index is 666. The van der Waals surface area contributed by atoms with E-state index in [2.05, 4.69) is 4.98 Å². The van der Waals surface area contributed by atoms with Crippen molar-refractivity contribution in [1.29, 1.82) is 0 Å². The molecule has 1 aromatic heterocycles. The first kappa shape index (κ1) is 17.9. The molecule has 2 rings (SSSR count). The van der Waals surface area contributed by atoms with Crippen molar-refractivity contribution in [2.45, 2.75) is 38.9 Å². The number of aromatic nitrogens is 1. The molecule has 0 radical (unpaired) electrons. The van der Waals surface area contributed by atoms with Gasteiger partial charge in [-0.05, 0) is 45.4 Å². The summed E-state index contributed by atoms with van der Waals surface area (Å²) in [6, 6.07) is 7.54. The smallest absolute Gasteiger partial charge is 0.497 e. The van der Waals surface area contributed by atoms with Gasteiger partial charge in [-0.1, -0.05) is 12.1 Å². The summed E-state index contributed by atoms with van der Waals surface area (Å²) in [6.07, 6.45) is 0. The van der Waals surface area contributed by atoms with E-state index in [1.165, 1.54) is 11.3 Å². The van der Waals surface area contributed by atoms with E-state index in [0.717, 1.165) is 16.2 Å². The summed E-state index contributed by atoms with van der Waals surface area (Å²) in [7, 11) is 0.375. The first-order valence-corrected chi connectivity index (χ1v) is 8.20. The SMILES string of the molecule is COc1cccc(-c2scnc2B(O)OC(C)(C)C(C)(C)O)c1. The monoisotopic (exact) mass is 335 g/mol. The first-order valence-electron chi connectivity index (χ1n) is 7.32.